The maximum absolute atomic E-state index is 12.7. The van der Waals surface area contributed by atoms with Gasteiger partial charge in [-0.05, 0) is 37.6 Å². The van der Waals surface area contributed by atoms with Crippen LogP contribution in [-0.4, -0.2) is 27.5 Å². The minimum absolute atomic E-state index is 0.149. The molecule has 0 fully saturated rings. The number of nitrogens with zero attached hydrogens (tertiary/aromatic N) is 3. The van der Waals surface area contributed by atoms with Crippen LogP contribution in [0.2, 0.25) is 0 Å². The zero-order valence-electron chi connectivity index (χ0n) is 14.3. The van der Waals surface area contributed by atoms with Crippen LogP contribution in [0, 0.1) is 13.8 Å². The monoisotopic (exact) mass is 338 g/mol. The Bertz CT molecular complexity index is 994. The molecule has 3 heterocycles. The van der Waals surface area contributed by atoms with Crippen molar-refractivity contribution in [1.82, 2.24) is 20.1 Å². The van der Waals surface area contributed by atoms with Crippen molar-refractivity contribution in [3.63, 3.8) is 0 Å². The molecule has 0 saturated carbocycles. The van der Waals surface area contributed by atoms with Crippen LogP contribution >= 0.6 is 0 Å². The quantitative estimate of drug-likeness (QED) is 0.792. The molecular weight excluding hydrogens is 320 g/mol. The molecule has 2 aromatic heterocycles. The lowest BCUT2D eigenvalue weighted by molar-refractivity contribution is 0.0952. The highest BCUT2D eigenvalue weighted by molar-refractivity contribution is 6.06. The third-order valence-corrected chi connectivity index (χ3v) is 4.23. The third kappa shape index (κ3) is 2.67. The lowest BCUT2D eigenvalue weighted by atomic mass is 10.1. The van der Waals surface area contributed by atoms with Gasteiger partial charge in [0, 0.05) is 19.3 Å². The average Bonchev–Trinajstić information content (AvgIpc) is 3.16. The normalized spacial score (nSPS) is 12.6. The zero-order valence-corrected chi connectivity index (χ0v) is 14.3. The van der Waals surface area contributed by atoms with Crippen LogP contribution in [0.5, 0.6) is 11.5 Å². The Kier molecular flexibility index (Phi) is 3.56. The van der Waals surface area contributed by atoms with Crippen LogP contribution in [0.4, 0.5) is 0 Å². The molecule has 7 nitrogen and oxygen atoms in total. The Morgan fingerprint density at radius 3 is 2.88 bits per heavy atom. The lowest BCUT2D eigenvalue weighted by Crippen LogP contribution is -2.23. The van der Waals surface area contributed by atoms with Gasteiger partial charge in [-0.2, -0.15) is 5.10 Å². The Balaban J connectivity index is 1.60. The first-order valence-corrected chi connectivity index (χ1v) is 8.00. The first-order valence-electron chi connectivity index (χ1n) is 8.00. The van der Waals surface area contributed by atoms with E-state index in [1.807, 2.05) is 39.1 Å². The van der Waals surface area contributed by atoms with E-state index >= 15 is 0 Å². The molecule has 0 atom stereocenters. The van der Waals surface area contributed by atoms with Gasteiger partial charge in [0.25, 0.3) is 5.91 Å². The number of nitrogens with one attached hydrogen (secondary N) is 1. The van der Waals surface area contributed by atoms with Crippen molar-refractivity contribution in [3.8, 4) is 11.5 Å². The number of pyridine rings is 1. The Labute approximate surface area is 144 Å². The van der Waals surface area contributed by atoms with Gasteiger partial charge in [-0.25, -0.2) is 4.98 Å². The summed E-state index contributed by atoms with van der Waals surface area (Å²) in [5, 5.41) is 8.13. The molecule has 0 radical (unpaired) electrons. The fraction of sp³-hybridized carbons (Fsp3) is 0.278. The van der Waals surface area contributed by atoms with E-state index in [-0.39, 0.29) is 12.7 Å². The van der Waals surface area contributed by atoms with Crippen molar-refractivity contribution >= 4 is 16.9 Å². The molecule has 7 heteroatoms. The summed E-state index contributed by atoms with van der Waals surface area (Å²) >= 11 is 0. The highest BCUT2D eigenvalue weighted by Crippen LogP contribution is 2.32. The number of fused-ring (bicyclic) bond motifs is 2. The molecule has 128 valence electrons. The molecular formula is C18H18N4O3. The maximum atomic E-state index is 12.7. The van der Waals surface area contributed by atoms with E-state index in [1.165, 1.54) is 0 Å². The molecule has 1 aliphatic heterocycles. The van der Waals surface area contributed by atoms with Crippen molar-refractivity contribution in [3.05, 3.63) is 46.8 Å². The number of benzene rings is 1. The highest BCUT2D eigenvalue weighted by atomic mass is 16.7. The molecule has 0 aliphatic carbocycles. The van der Waals surface area contributed by atoms with Gasteiger partial charge >= 0.3 is 0 Å². The molecule has 25 heavy (non-hydrogen) atoms. The van der Waals surface area contributed by atoms with Gasteiger partial charge in [0.15, 0.2) is 17.1 Å². The van der Waals surface area contributed by atoms with Gasteiger partial charge in [0.1, 0.15) is 0 Å². The summed E-state index contributed by atoms with van der Waals surface area (Å²) in [6, 6.07) is 7.44. The number of aryl methyl sites for hydroxylation is 3. The van der Waals surface area contributed by atoms with Gasteiger partial charge in [0.05, 0.1) is 16.6 Å². The predicted molar refractivity (Wildman–Crippen MR) is 91.7 cm³/mol. The van der Waals surface area contributed by atoms with Crippen LogP contribution in [-0.2, 0) is 13.6 Å². The molecule has 1 amide bonds. The molecule has 0 saturated heterocycles. The number of ether oxygens (including phenoxy) is 2. The Morgan fingerprint density at radius 2 is 2.04 bits per heavy atom. The number of amides is 1. The second-order valence-corrected chi connectivity index (χ2v) is 6.09. The van der Waals surface area contributed by atoms with Crippen molar-refractivity contribution in [2.75, 3.05) is 6.79 Å². The molecule has 0 bridgehead atoms. The SMILES string of the molecule is Cc1cc(C(=O)NCc2ccc3c(c2)OCO3)c2c(C)nn(C)c2n1. The highest BCUT2D eigenvalue weighted by Gasteiger charge is 2.18. The first-order chi connectivity index (χ1) is 12.0. The minimum atomic E-state index is -0.149. The summed E-state index contributed by atoms with van der Waals surface area (Å²) < 4.78 is 12.4. The number of hydrogen-bond acceptors (Lipinski definition) is 5. The zero-order chi connectivity index (χ0) is 17.6. The molecule has 0 unspecified atom stereocenters. The summed E-state index contributed by atoms with van der Waals surface area (Å²) in [6.07, 6.45) is 0. The van der Waals surface area contributed by atoms with Gasteiger partial charge in [-0.15, -0.1) is 0 Å². The number of rotatable bonds is 3. The van der Waals surface area contributed by atoms with E-state index in [2.05, 4.69) is 15.4 Å². The molecule has 1 N–H and O–H groups in total. The van der Waals surface area contributed by atoms with Crippen molar-refractivity contribution in [2.24, 2.45) is 7.05 Å². The molecule has 4 rings (SSSR count). The molecule has 1 aromatic carbocycles. The summed E-state index contributed by atoms with van der Waals surface area (Å²) in [4.78, 5) is 17.2. The lowest BCUT2D eigenvalue weighted by Gasteiger charge is -2.08. The van der Waals surface area contributed by atoms with Crippen molar-refractivity contribution < 1.29 is 14.3 Å². The fourth-order valence-corrected chi connectivity index (χ4v) is 3.08. The van der Waals surface area contributed by atoms with Crippen LogP contribution in [0.15, 0.2) is 24.3 Å². The van der Waals surface area contributed by atoms with E-state index in [1.54, 1.807) is 10.7 Å². The minimum Gasteiger partial charge on any atom is -0.454 e. The van der Waals surface area contributed by atoms with Gasteiger partial charge < -0.3 is 14.8 Å². The van der Waals surface area contributed by atoms with Crippen molar-refractivity contribution in [1.29, 1.82) is 0 Å². The van der Waals surface area contributed by atoms with Crippen LogP contribution < -0.4 is 14.8 Å². The maximum Gasteiger partial charge on any atom is 0.252 e. The largest absolute Gasteiger partial charge is 0.454 e. The van der Waals surface area contributed by atoms with Gasteiger partial charge in [0.2, 0.25) is 6.79 Å². The topological polar surface area (TPSA) is 78.3 Å². The van der Waals surface area contributed by atoms with E-state index in [0.29, 0.717) is 23.5 Å². The summed E-state index contributed by atoms with van der Waals surface area (Å²) in [6.45, 7) is 4.39. The van der Waals surface area contributed by atoms with Crippen LogP contribution in [0.1, 0.15) is 27.3 Å². The van der Waals surface area contributed by atoms with Crippen molar-refractivity contribution in [2.45, 2.75) is 20.4 Å². The van der Waals surface area contributed by atoms with Crippen LogP contribution in [0.3, 0.4) is 0 Å². The molecule has 1 aliphatic rings. The number of carbonyl (C=O) groups excluding carboxylic acids is 1. The smallest absolute Gasteiger partial charge is 0.252 e. The summed E-state index contributed by atoms with van der Waals surface area (Å²) in [5.74, 6) is 1.29. The first kappa shape index (κ1) is 15.4. The van der Waals surface area contributed by atoms with Gasteiger partial charge in [-0.3, -0.25) is 9.48 Å². The average molecular weight is 338 g/mol. The number of carbonyl (C=O) groups is 1. The number of hydrogen-bond donors (Lipinski definition) is 1. The summed E-state index contributed by atoms with van der Waals surface area (Å²) in [5.41, 5.74) is 3.82. The van der Waals surface area contributed by atoms with Gasteiger partial charge in [-0.1, -0.05) is 6.07 Å². The standard InChI is InChI=1S/C18H18N4O3/c1-10-6-13(16-11(2)21-22(3)17(16)20-10)18(23)19-8-12-4-5-14-15(7-12)25-9-24-14/h4-7H,8-9H2,1-3H3,(H,19,23). The molecule has 0 spiro atoms. The molecule has 3 aromatic rings. The van der Waals surface area contributed by atoms with E-state index in [4.69, 9.17) is 9.47 Å². The predicted octanol–water partition coefficient (Wildman–Crippen LogP) is 2.24. The van der Waals surface area contributed by atoms with E-state index in [9.17, 15) is 4.79 Å². The Morgan fingerprint density at radius 1 is 1.24 bits per heavy atom. The summed E-state index contributed by atoms with van der Waals surface area (Å²) in [7, 11) is 1.83. The Hall–Kier alpha value is -3.09. The fourth-order valence-electron chi connectivity index (χ4n) is 3.08. The second kappa shape index (κ2) is 5.77. The third-order valence-electron chi connectivity index (χ3n) is 4.23. The van der Waals surface area contributed by atoms with E-state index < -0.39 is 0 Å². The van der Waals surface area contributed by atoms with Crippen LogP contribution in [0.25, 0.3) is 11.0 Å². The van der Waals surface area contributed by atoms with E-state index in [0.717, 1.165) is 28.1 Å². The second-order valence-electron chi connectivity index (χ2n) is 6.09. The number of aromatic nitrogens is 3.